The first-order valence-corrected chi connectivity index (χ1v) is 8.30. The van der Waals surface area contributed by atoms with Crippen LogP contribution in [0.5, 0.6) is 0 Å². The number of hydrogen-bond acceptors (Lipinski definition) is 7. The molecule has 0 aromatic heterocycles. The van der Waals surface area contributed by atoms with Gasteiger partial charge in [0.2, 0.25) is 0 Å². The molecule has 0 atom stereocenters. The second-order valence-electron chi connectivity index (χ2n) is 6.36. The van der Waals surface area contributed by atoms with E-state index < -0.39 is 73.0 Å². The smallest absolute Gasteiger partial charge is 0.453 e. The van der Waals surface area contributed by atoms with Gasteiger partial charge in [0, 0.05) is 11.1 Å². The van der Waals surface area contributed by atoms with E-state index in [1.165, 1.54) is 0 Å². The Kier molecular flexibility index (Phi) is 9.84. The quantitative estimate of drug-likeness (QED) is 0.176. The normalized spacial score (nSPS) is 13.9. The highest BCUT2D eigenvalue weighted by Gasteiger charge is 2.74. The maximum absolute atomic E-state index is 13.4. The molecule has 0 aromatic carbocycles. The Morgan fingerprint density at radius 1 is 0.543 bits per heavy atom. The molecular formula is C16H14F12O7. The van der Waals surface area contributed by atoms with Crippen molar-refractivity contribution in [3.63, 3.8) is 0 Å². The van der Waals surface area contributed by atoms with E-state index in [4.69, 9.17) is 0 Å². The molecule has 0 aliphatic heterocycles. The number of esters is 2. The fourth-order valence-electron chi connectivity index (χ4n) is 1.38. The van der Waals surface area contributed by atoms with Gasteiger partial charge in [-0.15, -0.1) is 0 Å². The van der Waals surface area contributed by atoms with Gasteiger partial charge in [-0.25, -0.2) is 23.8 Å². The summed E-state index contributed by atoms with van der Waals surface area (Å²) in [5.41, 5.74) is -1.15. The molecule has 0 spiro atoms. The zero-order valence-corrected chi connectivity index (χ0v) is 17.2. The van der Waals surface area contributed by atoms with Crippen molar-refractivity contribution >= 4 is 11.9 Å². The topological polar surface area (TPSA) is 80.3 Å². The molecule has 0 saturated carbocycles. The van der Waals surface area contributed by atoms with Crippen molar-refractivity contribution in [1.82, 2.24) is 0 Å². The summed E-state index contributed by atoms with van der Waals surface area (Å²) in [6.45, 7) is 2.54. The molecule has 0 fully saturated rings. The Balaban J connectivity index is 5.52. The monoisotopic (exact) mass is 546 g/mol. The molecular weight excluding hydrogens is 532 g/mol. The zero-order chi connectivity index (χ0) is 28.3. The van der Waals surface area contributed by atoms with E-state index in [9.17, 15) is 62.3 Å². The Morgan fingerprint density at radius 3 is 1.00 bits per heavy atom. The molecule has 0 heterocycles. The van der Waals surface area contributed by atoms with Crippen LogP contribution in [0.4, 0.5) is 52.7 Å². The first-order valence-electron chi connectivity index (χ1n) is 8.30. The Bertz CT molecular complexity index is 760. The highest BCUT2D eigenvalue weighted by Crippen LogP contribution is 2.48. The summed E-state index contributed by atoms with van der Waals surface area (Å²) in [7, 11) is 0. The van der Waals surface area contributed by atoms with Gasteiger partial charge in [-0.2, -0.15) is 52.7 Å². The average molecular weight is 546 g/mol. The van der Waals surface area contributed by atoms with Gasteiger partial charge in [0.05, 0.1) is 0 Å². The molecule has 0 aromatic rings. The van der Waals surface area contributed by atoms with Crippen molar-refractivity contribution in [2.75, 3.05) is 13.2 Å². The molecule has 0 aliphatic rings. The van der Waals surface area contributed by atoms with Gasteiger partial charge < -0.3 is 9.47 Å². The predicted octanol–water partition coefficient (Wildman–Crippen LogP) is 4.83. The number of hydrogen-bond donors (Lipinski definition) is 0. The van der Waals surface area contributed by atoms with E-state index in [2.05, 4.69) is 32.1 Å². The maximum Gasteiger partial charge on any atom is 0.453 e. The summed E-state index contributed by atoms with van der Waals surface area (Å²) >= 11 is 0. The van der Waals surface area contributed by atoms with Gasteiger partial charge in [0.1, 0.15) is 0 Å². The van der Waals surface area contributed by atoms with Crippen molar-refractivity contribution in [2.24, 2.45) is 0 Å². The molecule has 35 heavy (non-hydrogen) atoms. The minimum atomic E-state index is -7.06. The van der Waals surface area contributed by atoms with Crippen LogP contribution in [0.15, 0.2) is 24.3 Å². The van der Waals surface area contributed by atoms with Crippen LogP contribution in [-0.4, -0.2) is 61.8 Å². The molecule has 0 aliphatic carbocycles. The van der Waals surface area contributed by atoms with E-state index in [1.54, 1.807) is 0 Å². The third kappa shape index (κ3) is 9.55. The maximum atomic E-state index is 13.4. The summed E-state index contributed by atoms with van der Waals surface area (Å²) < 4.78 is 174. The van der Waals surface area contributed by atoms with Gasteiger partial charge in [-0.3, -0.25) is 0 Å². The van der Waals surface area contributed by atoms with Crippen molar-refractivity contribution in [3.8, 4) is 0 Å². The van der Waals surface area contributed by atoms with E-state index in [1.807, 2.05) is 4.74 Å². The molecule has 7 nitrogen and oxygen atoms in total. The molecule has 0 N–H and O–H groups in total. The average Bonchev–Trinajstić information content (AvgIpc) is 2.61. The fraction of sp³-hybridized carbons (Fsp3) is 0.625. The highest BCUT2D eigenvalue weighted by molar-refractivity contribution is 5.87. The van der Waals surface area contributed by atoms with Crippen molar-refractivity contribution in [1.29, 1.82) is 0 Å². The second-order valence-corrected chi connectivity index (χ2v) is 6.36. The van der Waals surface area contributed by atoms with Gasteiger partial charge in [-0.1, -0.05) is 13.2 Å². The third-order valence-electron chi connectivity index (χ3n) is 2.93. The first kappa shape index (κ1) is 32.5. The summed E-state index contributed by atoms with van der Waals surface area (Å²) in [4.78, 5) is 21.8. The lowest BCUT2D eigenvalue weighted by Crippen LogP contribution is -2.58. The predicted molar refractivity (Wildman–Crippen MR) is 84.5 cm³/mol. The van der Waals surface area contributed by atoms with Gasteiger partial charge in [-0.05, 0) is 13.8 Å². The molecule has 204 valence electrons. The summed E-state index contributed by atoms with van der Waals surface area (Å²) in [6.07, 6.45) is -38.9. The lowest BCUT2D eigenvalue weighted by atomic mass is 10.4. The van der Waals surface area contributed by atoms with Crippen LogP contribution in [0.3, 0.4) is 0 Å². The van der Waals surface area contributed by atoms with Crippen LogP contribution in [-0.2, 0) is 33.3 Å². The Labute approximate surface area is 187 Å². The lowest BCUT2D eigenvalue weighted by Gasteiger charge is -2.34. The first-order chi connectivity index (χ1) is 15.3. The van der Waals surface area contributed by atoms with Crippen molar-refractivity contribution < 1.29 is 86.0 Å². The van der Waals surface area contributed by atoms with E-state index >= 15 is 0 Å². The van der Waals surface area contributed by atoms with Crippen LogP contribution >= 0.6 is 0 Å². The molecule has 0 amide bonds. The number of halogens is 12. The lowest BCUT2D eigenvalue weighted by molar-refractivity contribution is -0.558. The molecule has 0 rings (SSSR count). The number of ether oxygens (including phenoxy) is 5. The Hall–Kier alpha value is -2.54. The minimum Gasteiger partial charge on any atom is -0.453 e. The molecule has 0 bridgehead atoms. The standard InChI is InChI=1S/C16H14F12O7/c1-7(2)9(29)31-5-11(17,18)33-13(21,22)15(25,26)35-16(27,28)14(23,24)34-12(19,20)6-32-10(30)8(3)4/h1,3,5-6H2,2,4H3. The van der Waals surface area contributed by atoms with Crippen LogP contribution in [0.1, 0.15) is 13.8 Å². The van der Waals surface area contributed by atoms with E-state index in [-0.39, 0.29) is 0 Å². The highest BCUT2D eigenvalue weighted by atomic mass is 19.4. The zero-order valence-electron chi connectivity index (χ0n) is 17.2. The SMILES string of the molecule is C=C(C)C(=O)OCC(F)(F)OC(F)(F)C(F)(F)OC(F)(F)C(F)(F)OC(F)(F)COC(=O)C(=C)C. The molecule has 0 unspecified atom stereocenters. The minimum absolute atomic E-state index is 0.575. The van der Waals surface area contributed by atoms with E-state index in [0.717, 1.165) is 13.8 Å². The van der Waals surface area contributed by atoms with Crippen LogP contribution in [0.2, 0.25) is 0 Å². The van der Waals surface area contributed by atoms with Crippen LogP contribution in [0.25, 0.3) is 0 Å². The largest absolute Gasteiger partial charge is 0.453 e. The van der Waals surface area contributed by atoms with Crippen LogP contribution < -0.4 is 0 Å². The second kappa shape index (κ2) is 10.6. The number of carbonyl (C=O) groups excluding carboxylic acids is 2. The van der Waals surface area contributed by atoms with Gasteiger partial charge >= 0.3 is 48.6 Å². The van der Waals surface area contributed by atoms with Gasteiger partial charge in [0.25, 0.3) is 0 Å². The number of carbonyl (C=O) groups is 2. The summed E-state index contributed by atoms with van der Waals surface area (Å²) in [5, 5.41) is 0. The third-order valence-corrected chi connectivity index (χ3v) is 2.93. The molecule has 0 radical (unpaired) electrons. The van der Waals surface area contributed by atoms with Crippen molar-refractivity contribution in [3.05, 3.63) is 24.3 Å². The van der Waals surface area contributed by atoms with E-state index in [0.29, 0.717) is 0 Å². The summed E-state index contributed by atoms with van der Waals surface area (Å²) in [6, 6.07) is 0. The summed E-state index contributed by atoms with van der Waals surface area (Å²) in [5.74, 6) is -3.31. The Morgan fingerprint density at radius 2 is 0.771 bits per heavy atom. The van der Waals surface area contributed by atoms with Crippen molar-refractivity contribution in [2.45, 2.75) is 50.5 Å². The molecule has 19 heteroatoms. The fourth-order valence-corrected chi connectivity index (χ4v) is 1.38. The van der Waals surface area contributed by atoms with Gasteiger partial charge in [0.15, 0.2) is 13.2 Å². The molecule has 0 saturated heterocycles. The number of rotatable bonds is 14. The van der Waals surface area contributed by atoms with Crippen LogP contribution in [0, 0.1) is 0 Å². The number of alkyl halides is 12.